The number of aliphatic hydroxyl groups excluding tert-OH is 5. The normalized spacial score (nSPS) is 18.8. The zero-order chi connectivity index (χ0) is 57.5. The van der Waals surface area contributed by atoms with Crippen molar-refractivity contribution in [1.29, 1.82) is 0 Å². The number of hydrogen-bond acceptors (Lipinski definition) is 10. The third-order valence-corrected chi connectivity index (χ3v) is 16.7. The highest BCUT2D eigenvalue weighted by molar-refractivity contribution is 5.80. The number of carbonyl (C=O) groups is 2. The molecule has 1 aliphatic heterocycles. The summed E-state index contributed by atoms with van der Waals surface area (Å²) < 4.78 is 17.7. The smallest absolute Gasteiger partial charge is 0.306 e. The lowest BCUT2D eigenvalue weighted by Crippen LogP contribution is -2.61. The first kappa shape index (κ1) is 75.4. The predicted octanol–water partition coefficient (Wildman–Crippen LogP) is 17.1. The van der Waals surface area contributed by atoms with E-state index in [2.05, 4.69) is 26.1 Å². The Morgan fingerprint density at radius 1 is 0.481 bits per heavy atom. The average molecular weight is 1120 g/mol. The lowest BCUT2D eigenvalue weighted by molar-refractivity contribution is -0.305. The van der Waals surface area contributed by atoms with Crippen LogP contribution in [0.1, 0.15) is 348 Å². The standard InChI is InChI=1S/C68H131NO10/c1-4-7-10-13-16-19-22-25-27-29-31-33-35-38-41-44-47-50-53-56-63(73)79-66-65(75)64(74)62(57-70)78-68(66)77-58-59(60(71)54-51-48-45-42-39-36-24-21-18-15-12-9-6-3)69-67(76)61(72)55-52-49-46-43-40-37-34-32-30-28-26-23-20-17-14-11-8-5-2/h51,54,59-62,64-66,68,70-72,74-75H,4-50,52-53,55-58H2,1-3H3,(H,69,76)/b54-51+. The van der Waals surface area contributed by atoms with Gasteiger partial charge in [0.15, 0.2) is 12.4 Å². The van der Waals surface area contributed by atoms with Gasteiger partial charge >= 0.3 is 5.97 Å². The van der Waals surface area contributed by atoms with Gasteiger partial charge in [-0.15, -0.1) is 0 Å². The molecule has 8 atom stereocenters. The Kier molecular flexibility index (Phi) is 54.3. The van der Waals surface area contributed by atoms with E-state index in [1.54, 1.807) is 6.08 Å². The van der Waals surface area contributed by atoms with Gasteiger partial charge < -0.3 is 45.1 Å². The van der Waals surface area contributed by atoms with Crippen molar-refractivity contribution in [3.8, 4) is 0 Å². The molecule has 0 saturated carbocycles. The van der Waals surface area contributed by atoms with Crippen molar-refractivity contribution in [3.63, 3.8) is 0 Å². The van der Waals surface area contributed by atoms with E-state index in [9.17, 15) is 35.1 Å². The van der Waals surface area contributed by atoms with Crippen LogP contribution in [0.4, 0.5) is 0 Å². The molecule has 468 valence electrons. The van der Waals surface area contributed by atoms with Crippen LogP contribution < -0.4 is 5.32 Å². The fraction of sp³-hybridized carbons (Fsp3) is 0.941. The summed E-state index contributed by atoms with van der Waals surface area (Å²) in [5.41, 5.74) is 0. The van der Waals surface area contributed by atoms with Crippen molar-refractivity contribution in [1.82, 2.24) is 5.32 Å². The maximum absolute atomic E-state index is 13.5. The van der Waals surface area contributed by atoms with Gasteiger partial charge in [0.2, 0.25) is 5.91 Å². The lowest BCUT2D eigenvalue weighted by atomic mass is 9.99. The van der Waals surface area contributed by atoms with E-state index < -0.39 is 67.4 Å². The van der Waals surface area contributed by atoms with E-state index >= 15 is 0 Å². The molecular weight excluding hydrogens is 991 g/mol. The van der Waals surface area contributed by atoms with Crippen LogP contribution in [0.15, 0.2) is 12.2 Å². The lowest BCUT2D eigenvalue weighted by Gasteiger charge is -2.41. The first-order valence-corrected chi connectivity index (χ1v) is 34.5. The second kappa shape index (κ2) is 56.9. The summed E-state index contributed by atoms with van der Waals surface area (Å²) in [4.78, 5) is 26.6. The van der Waals surface area contributed by atoms with E-state index in [1.807, 2.05) is 6.08 Å². The highest BCUT2D eigenvalue weighted by Crippen LogP contribution is 2.26. The molecule has 1 saturated heterocycles. The van der Waals surface area contributed by atoms with Gasteiger partial charge in [-0.1, -0.05) is 328 Å². The first-order chi connectivity index (χ1) is 38.7. The van der Waals surface area contributed by atoms with Gasteiger partial charge in [0.05, 0.1) is 25.4 Å². The number of rotatable bonds is 60. The summed E-state index contributed by atoms with van der Waals surface area (Å²) >= 11 is 0. The molecule has 0 aromatic carbocycles. The van der Waals surface area contributed by atoms with Gasteiger partial charge in [-0.3, -0.25) is 9.59 Å². The molecule has 1 heterocycles. The molecule has 1 amide bonds. The van der Waals surface area contributed by atoms with Crippen molar-refractivity contribution < 1.29 is 49.3 Å². The molecule has 6 N–H and O–H groups in total. The Hall–Kier alpha value is -1.60. The molecule has 0 aromatic rings. The zero-order valence-corrected chi connectivity index (χ0v) is 52.0. The highest BCUT2D eigenvalue weighted by Gasteiger charge is 2.47. The van der Waals surface area contributed by atoms with Crippen LogP contribution in [-0.2, 0) is 23.8 Å². The molecule has 8 unspecified atom stereocenters. The van der Waals surface area contributed by atoms with Crippen molar-refractivity contribution >= 4 is 11.9 Å². The van der Waals surface area contributed by atoms with E-state index in [1.165, 1.54) is 244 Å². The van der Waals surface area contributed by atoms with Gasteiger partial charge in [-0.25, -0.2) is 0 Å². The van der Waals surface area contributed by atoms with E-state index in [-0.39, 0.29) is 13.0 Å². The average Bonchev–Trinajstić information content (AvgIpc) is 3.45. The van der Waals surface area contributed by atoms with E-state index in [0.717, 1.165) is 57.8 Å². The third-order valence-electron chi connectivity index (χ3n) is 16.7. The number of allylic oxidation sites excluding steroid dienone is 1. The summed E-state index contributed by atoms with van der Waals surface area (Å²) in [6.45, 7) is 5.86. The summed E-state index contributed by atoms with van der Waals surface area (Å²) in [6, 6.07) is -1.02. The van der Waals surface area contributed by atoms with Gasteiger partial charge in [-0.05, 0) is 25.7 Å². The second-order valence-electron chi connectivity index (χ2n) is 24.3. The molecule has 0 aromatic heterocycles. The number of nitrogens with one attached hydrogen (secondary N) is 1. The van der Waals surface area contributed by atoms with Gasteiger partial charge in [0.25, 0.3) is 0 Å². The van der Waals surface area contributed by atoms with E-state index in [0.29, 0.717) is 19.3 Å². The van der Waals surface area contributed by atoms with Crippen LogP contribution in [0.3, 0.4) is 0 Å². The molecular formula is C68H131NO10. The van der Waals surface area contributed by atoms with Crippen molar-refractivity contribution in [2.45, 2.75) is 397 Å². The minimum Gasteiger partial charge on any atom is -0.454 e. The van der Waals surface area contributed by atoms with Crippen molar-refractivity contribution in [3.05, 3.63) is 12.2 Å². The van der Waals surface area contributed by atoms with Crippen LogP contribution in [0.25, 0.3) is 0 Å². The minimum absolute atomic E-state index is 0.132. The molecule has 11 nitrogen and oxygen atoms in total. The number of aliphatic hydroxyl groups is 5. The zero-order valence-electron chi connectivity index (χ0n) is 52.0. The fourth-order valence-corrected chi connectivity index (χ4v) is 11.2. The molecule has 1 aliphatic rings. The highest BCUT2D eigenvalue weighted by atomic mass is 16.7. The Bertz CT molecular complexity index is 1340. The number of unbranched alkanes of at least 4 members (excludes halogenated alkanes) is 46. The topological polar surface area (TPSA) is 175 Å². The molecule has 0 spiro atoms. The van der Waals surface area contributed by atoms with Crippen molar-refractivity contribution in [2.24, 2.45) is 0 Å². The maximum Gasteiger partial charge on any atom is 0.306 e. The molecule has 11 heteroatoms. The van der Waals surface area contributed by atoms with Crippen molar-refractivity contribution in [2.75, 3.05) is 13.2 Å². The number of amides is 1. The third kappa shape index (κ3) is 44.6. The number of ether oxygens (including phenoxy) is 3. The monoisotopic (exact) mass is 1120 g/mol. The number of hydrogen-bond donors (Lipinski definition) is 6. The van der Waals surface area contributed by atoms with E-state index in [4.69, 9.17) is 14.2 Å². The second-order valence-corrected chi connectivity index (χ2v) is 24.3. The Morgan fingerprint density at radius 3 is 1.19 bits per heavy atom. The SMILES string of the molecule is CCCCCCCCCCCCC/C=C/C(O)C(COC1OC(CO)C(O)C(O)C1OC(=O)CCCCCCCCCCCCCCCCCCCCC)NC(=O)C(O)CCCCCCCCCCCCCCCCCCCC. The summed E-state index contributed by atoms with van der Waals surface area (Å²) in [5, 5.41) is 57.2. The Labute approximate surface area is 487 Å². The molecule has 1 fully saturated rings. The van der Waals surface area contributed by atoms with Gasteiger partial charge in [0.1, 0.15) is 24.4 Å². The number of carbonyl (C=O) groups excluding carboxylic acids is 2. The first-order valence-electron chi connectivity index (χ1n) is 34.5. The molecule has 79 heavy (non-hydrogen) atoms. The molecule has 0 bridgehead atoms. The summed E-state index contributed by atoms with van der Waals surface area (Å²) in [7, 11) is 0. The molecule has 1 rings (SSSR count). The van der Waals surface area contributed by atoms with Crippen LogP contribution in [0.5, 0.6) is 0 Å². The quantitative estimate of drug-likeness (QED) is 0.0195. The van der Waals surface area contributed by atoms with Crippen LogP contribution in [0, 0.1) is 0 Å². The summed E-state index contributed by atoms with van der Waals surface area (Å²) in [6.07, 6.45) is 55.3. The molecule has 0 radical (unpaired) electrons. The Balaban J connectivity index is 2.61. The van der Waals surface area contributed by atoms with Crippen LogP contribution >= 0.6 is 0 Å². The van der Waals surface area contributed by atoms with Gasteiger partial charge in [-0.2, -0.15) is 0 Å². The van der Waals surface area contributed by atoms with Crippen LogP contribution in [0.2, 0.25) is 0 Å². The Morgan fingerprint density at radius 2 is 0.823 bits per heavy atom. The van der Waals surface area contributed by atoms with Gasteiger partial charge in [0, 0.05) is 6.42 Å². The predicted molar refractivity (Wildman–Crippen MR) is 329 cm³/mol. The minimum atomic E-state index is -1.61. The number of esters is 1. The van der Waals surface area contributed by atoms with Crippen LogP contribution in [-0.4, -0.2) is 99.6 Å². The molecule has 0 aliphatic carbocycles. The maximum atomic E-state index is 13.5. The summed E-state index contributed by atoms with van der Waals surface area (Å²) in [5.74, 6) is -1.17. The largest absolute Gasteiger partial charge is 0.454 e. The fourth-order valence-electron chi connectivity index (χ4n) is 11.2.